The summed E-state index contributed by atoms with van der Waals surface area (Å²) in [5.74, 6) is 1.37. The quantitative estimate of drug-likeness (QED) is 0.460. The summed E-state index contributed by atoms with van der Waals surface area (Å²) in [4.78, 5) is 4.64. The Hall–Kier alpha value is -3.10. The lowest BCUT2D eigenvalue weighted by atomic mass is 10.1. The number of thiazole rings is 1. The maximum absolute atomic E-state index is 9.66. The van der Waals surface area contributed by atoms with Crippen LogP contribution in [0.3, 0.4) is 0 Å². The Balaban J connectivity index is 1.92. The second-order valence-corrected chi connectivity index (χ2v) is 7.24. The van der Waals surface area contributed by atoms with E-state index in [1.165, 1.54) is 11.3 Å². The molecule has 1 aromatic heterocycles. The van der Waals surface area contributed by atoms with E-state index in [4.69, 9.17) is 9.47 Å². The maximum Gasteiger partial charge on any atom is 0.161 e. The van der Waals surface area contributed by atoms with Crippen LogP contribution in [0.1, 0.15) is 31.3 Å². The molecule has 0 spiro atoms. The molecule has 0 aliphatic rings. The van der Waals surface area contributed by atoms with Gasteiger partial charge in [-0.15, -0.1) is 11.3 Å². The molecule has 0 radical (unpaired) electrons. The fourth-order valence-corrected chi connectivity index (χ4v) is 3.48. The Kier molecular flexibility index (Phi) is 6.46. The van der Waals surface area contributed by atoms with Gasteiger partial charge in [0.2, 0.25) is 0 Å². The molecule has 0 saturated heterocycles. The minimum atomic E-state index is 0.0574. The highest BCUT2D eigenvalue weighted by Gasteiger charge is 2.11. The van der Waals surface area contributed by atoms with E-state index >= 15 is 0 Å². The predicted octanol–water partition coefficient (Wildman–Crippen LogP) is 6.06. The van der Waals surface area contributed by atoms with Crippen LogP contribution in [-0.2, 0) is 0 Å². The summed E-state index contributed by atoms with van der Waals surface area (Å²) in [6, 6.07) is 17.9. The lowest BCUT2D eigenvalue weighted by Gasteiger charge is -2.15. The van der Waals surface area contributed by atoms with Gasteiger partial charge in [0.05, 0.1) is 24.0 Å². The smallest absolute Gasteiger partial charge is 0.161 e. The van der Waals surface area contributed by atoms with E-state index in [1.54, 1.807) is 0 Å². The van der Waals surface area contributed by atoms with Gasteiger partial charge in [0, 0.05) is 10.9 Å². The molecule has 0 fully saturated rings. The number of benzene rings is 2. The van der Waals surface area contributed by atoms with Gasteiger partial charge >= 0.3 is 0 Å². The molecule has 0 saturated carbocycles. The third kappa shape index (κ3) is 4.79. The number of rotatable bonds is 7. The van der Waals surface area contributed by atoms with Crippen LogP contribution in [-0.4, -0.2) is 17.7 Å². The number of nitrogens with zero attached hydrogens (tertiary/aromatic N) is 2. The van der Waals surface area contributed by atoms with Crippen LogP contribution < -0.4 is 9.47 Å². The lowest BCUT2D eigenvalue weighted by Crippen LogP contribution is -2.07. The predicted molar refractivity (Wildman–Crippen MR) is 114 cm³/mol. The highest BCUT2D eigenvalue weighted by molar-refractivity contribution is 7.11. The topological polar surface area (TPSA) is 55.1 Å². The number of hydrogen-bond acceptors (Lipinski definition) is 5. The first-order valence-electron chi connectivity index (χ1n) is 9.17. The van der Waals surface area contributed by atoms with Gasteiger partial charge in [0.25, 0.3) is 0 Å². The van der Waals surface area contributed by atoms with Crippen molar-refractivity contribution in [1.29, 1.82) is 5.26 Å². The summed E-state index contributed by atoms with van der Waals surface area (Å²) in [6.07, 6.45) is 1.89. The van der Waals surface area contributed by atoms with Crippen molar-refractivity contribution in [2.75, 3.05) is 6.61 Å². The van der Waals surface area contributed by atoms with E-state index in [9.17, 15) is 5.26 Å². The molecule has 3 rings (SSSR count). The second-order valence-electron chi connectivity index (χ2n) is 6.38. The molecule has 0 atom stereocenters. The first kappa shape index (κ1) is 19.7. The third-order valence-electron chi connectivity index (χ3n) is 3.87. The monoisotopic (exact) mass is 390 g/mol. The van der Waals surface area contributed by atoms with Crippen molar-refractivity contribution in [1.82, 2.24) is 4.98 Å². The molecule has 142 valence electrons. The average molecular weight is 391 g/mol. The van der Waals surface area contributed by atoms with Crippen LogP contribution in [0.2, 0.25) is 0 Å². The standard InChI is InChI=1S/C23H22N2O2S/c1-4-26-22-13-17(10-11-21(22)27-16(2)3)12-19(14-24)23-25-20(15-28-23)18-8-6-5-7-9-18/h5-13,15-16H,4H2,1-3H3/b19-12-. The van der Waals surface area contributed by atoms with E-state index in [2.05, 4.69) is 11.1 Å². The Labute approximate surface area is 169 Å². The first-order valence-corrected chi connectivity index (χ1v) is 10.0. The van der Waals surface area contributed by atoms with E-state index in [0.29, 0.717) is 28.7 Å². The number of ether oxygens (including phenoxy) is 2. The SMILES string of the molecule is CCOc1cc(/C=C(/C#N)c2nc(-c3ccccc3)cs2)ccc1OC(C)C. The van der Waals surface area contributed by atoms with Gasteiger partial charge in [0.1, 0.15) is 11.1 Å². The summed E-state index contributed by atoms with van der Waals surface area (Å²) in [5, 5.41) is 12.3. The molecular formula is C23H22N2O2S. The fraction of sp³-hybridized carbons (Fsp3) is 0.217. The molecule has 4 nitrogen and oxygen atoms in total. The summed E-state index contributed by atoms with van der Waals surface area (Å²) in [5.41, 5.74) is 3.30. The molecule has 0 aliphatic heterocycles. The fourth-order valence-electron chi connectivity index (χ4n) is 2.68. The van der Waals surface area contributed by atoms with Crippen LogP contribution >= 0.6 is 11.3 Å². The lowest BCUT2D eigenvalue weighted by molar-refractivity contribution is 0.224. The Bertz CT molecular complexity index is 1000. The van der Waals surface area contributed by atoms with E-state index in [1.807, 2.05) is 80.8 Å². The minimum Gasteiger partial charge on any atom is -0.490 e. The van der Waals surface area contributed by atoms with Gasteiger partial charge < -0.3 is 9.47 Å². The maximum atomic E-state index is 9.66. The molecule has 0 bridgehead atoms. The number of nitriles is 1. The molecule has 1 heterocycles. The van der Waals surface area contributed by atoms with Crippen molar-refractivity contribution >= 4 is 23.0 Å². The zero-order valence-electron chi connectivity index (χ0n) is 16.2. The molecule has 28 heavy (non-hydrogen) atoms. The number of allylic oxidation sites excluding steroid dienone is 1. The average Bonchev–Trinajstić information content (AvgIpc) is 3.18. The summed E-state index contributed by atoms with van der Waals surface area (Å²) in [7, 11) is 0. The summed E-state index contributed by atoms with van der Waals surface area (Å²) < 4.78 is 11.5. The van der Waals surface area contributed by atoms with Crippen molar-refractivity contribution in [2.45, 2.75) is 26.9 Å². The van der Waals surface area contributed by atoms with Crippen LogP contribution in [0.25, 0.3) is 22.9 Å². The summed E-state index contributed by atoms with van der Waals surface area (Å²) >= 11 is 1.46. The zero-order chi connectivity index (χ0) is 19.9. The molecule has 0 unspecified atom stereocenters. The molecule has 0 N–H and O–H groups in total. The molecule has 0 aliphatic carbocycles. The van der Waals surface area contributed by atoms with Crippen molar-refractivity contribution in [3.8, 4) is 28.8 Å². The summed E-state index contributed by atoms with van der Waals surface area (Å²) in [6.45, 7) is 6.43. The Morgan fingerprint density at radius 2 is 1.96 bits per heavy atom. The normalized spacial score (nSPS) is 11.3. The van der Waals surface area contributed by atoms with E-state index in [-0.39, 0.29) is 6.10 Å². The van der Waals surface area contributed by atoms with Gasteiger partial charge in [-0.1, -0.05) is 36.4 Å². The molecule has 3 aromatic rings. The second kappa shape index (κ2) is 9.20. The van der Waals surface area contributed by atoms with Crippen LogP contribution in [0.15, 0.2) is 53.9 Å². The number of hydrogen-bond donors (Lipinski definition) is 0. The number of aromatic nitrogens is 1. The molecular weight excluding hydrogens is 368 g/mol. The Morgan fingerprint density at radius 1 is 1.18 bits per heavy atom. The van der Waals surface area contributed by atoms with Crippen LogP contribution in [0, 0.1) is 11.3 Å². The van der Waals surface area contributed by atoms with Gasteiger partial charge in [-0.2, -0.15) is 5.26 Å². The van der Waals surface area contributed by atoms with Crippen molar-refractivity contribution in [3.05, 3.63) is 64.5 Å². The van der Waals surface area contributed by atoms with Crippen molar-refractivity contribution in [2.24, 2.45) is 0 Å². The molecule has 2 aromatic carbocycles. The Morgan fingerprint density at radius 3 is 2.64 bits per heavy atom. The molecule has 5 heteroatoms. The van der Waals surface area contributed by atoms with Crippen molar-refractivity contribution in [3.63, 3.8) is 0 Å². The van der Waals surface area contributed by atoms with Gasteiger partial charge in [-0.05, 0) is 44.5 Å². The van der Waals surface area contributed by atoms with E-state index < -0.39 is 0 Å². The highest BCUT2D eigenvalue weighted by atomic mass is 32.1. The van der Waals surface area contributed by atoms with Crippen molar-refractivity contribution < 1.29 is 9.47 Å². The van der Waals surface area contributed by atoms with Crippen LogP contribution in [0.5, 0.6) is 11.5 Å². The van der Waals surface area contributed by atoms with Gasteiger partial charge in [-0.25, -0.2) is 4.98 Å². The largest absolute Gasteiger partial charge is 0.490 e. The highest BCUT2D eigenvalue weighted by Crippen LogP contribution is 2.32. The zero-order valence-corrected chi connectivity index (χ0v) is 17.0. The van der Waals surface area contributed by atoms with Crippen LogP contribution in [0.4, 0.5) is 0 Å². The third-order valence-corrected chi connectivity index (χ3v) is 4.74. The van der Waals surface area contributed by atoms with E-state index in [0.717, 1.165) is 16.8 Å². The first-order chi connectivity index (χ1) is 13.6. The molecule has 0 amide bonds. The van der Waals surface area contributed by atoms with Gasteiger partial charge in [0.15, 0.2) is 11.5 Å². The van der Waals surface area contributed by atoms with Gasteiger partial charge in [-0.3, -0.25) is 0 Å². The minimum absolute atomic E-state index is 0.0574.